The van der Waals surface area contributed by atoms with E-state index in [0.29, 0.717) is 40.6 Å². The zero-order chi connectivity index (χ0) is 21.6. The van der Waals surface area contributed by atoms with E-state index in [2.05, 4.69) is 15.2 Å². The van der Waals surface area contributed by atoms with Crippen molar-refractivity contribution in [3.05, 3.63) is 66.2 Å². The van der Waals surface area contributed by atoms with E-state index in [1.54, 1.807) is 13.2 Å². The van der Waals surface area contributed by atoms with Gasteiger partial charge in [0.25, 0.3) is 0 Å². The Balaban J connectivity index is 1.52. The predicted molar refractivity (Wildman–Crippen MR) is 115 cm³/mol. The topological polar surface area (TPSA) is 110 Å². The third-order valence-corrected chi connectivity index (χ3v) is 5.15. The zero-order valence-electron chi connectivity index (χ0n) is 16.6. The van der Waals surface area contributed by atoms with E-state index in [1.807, 2.05) is 54.6 Å². The Bertz CT molecular complexity index is 1170. The van der Waals surface area contributed by atoms with Crippen LogP contribution in [-0.2, 0) is 11.4 Å². The van der Waals surface area contributed by atoms with E-state index >= 15 is 0 Å². The van der Waals surface area contributed by atoms with E-state index in [9.17, 15) is 4.79 Å². The molecule has 0 spiro atoms. The summed E-state index contributed by atoms with van der Waals surface area (Å²) in [5.74, 6) is 1.73. The van der Waals surface area contributed by atoms with Gasteiger partial charge >= 0.3 is 5.97 Å². The number of aromatic nitrogens is 3. The highest BCUT2D eigenvalue weighted by Gasteiger charge is 2.14. The number of methoxy groups -OCH3 is 1. The van der Waals surface area contributed by atoms with Crippen molar-refractivity contribution in [2.45, 2.75) is 11.8 Å². The van der Waals surface area contributed by atoms with Gasteiger partial charge in [-0.15, -0.1) is 5.10 Å². The summed E-state index contributed by atoms with van der Waals surface area (Å²) in [6.07, 6.45) is 0. The van der Waals surface area contributed by atoms with Crippen LogP contribution in [0.15, 0.2) is 70.2 Å². The number of carbonyl (C=O) groups is 1. The Morgan fingerprint density at radius 1 is 1.10 bits per heavy atom. The van der Waals surface area contributed by atoms with Crippen molar-refractivity contribution in [3.8, 4) is 34.4 Å². The monoisotopic (exact) mass is 437 g/mol. The summed E-state index contributed by atoms with van der Waals surface area (Å²) in [4.78, 5) is 14.9. The number of furan rings is 1. The van der Waals surface area contributed by atoms with Crippen LogP contribution in [0.2, 0.25) is 0 Å². The first-order valence-electron chi connectivity index (χ1n) is 9.34. The molecular weight excluding hydrogens is 418 g/mol. The SMILES string of the molecule is COc1ccc(-c2ccc(-c3nc(SCC(=O)O)n[nH]3)o2)cc1OCc1ccccc1. The van der Waals surface area contributed by atoms with Crippen LogP contribution in [0.25, 0.3) is 22.9 Å². The molecule has 0 bridgehead atoms. The van der Waals surface area contributed by atoms with Gasteiger partial charge in [0.15, 0.2) is 23.1 Å². The van der Waals surface area contributed by atoms with Gasteiger partial charge in [-0.25, -0.2) is 0 Å². The Hall–Kier alpha value is -3.72. The first kappa shape index (κ1) is 20.5. The molecular formula is C22H19N3O5S. The average Bonchev–Trinajstić information content (AvgIpc) is 3.46. The van der Waals surface area contributed by atoms with Crippen molar-refractivity contribution in [1.82, 2.24) is 15.2 Å². The number of nitrogens with one attached hydrogen (secondary N) is 1. The fraction of sp³-hybridized carbons (Fsp3) is 0.136. The molecule has 0 aliphatic rings. The van der Waals surface area contributed by atoms with Crippen LogP contribution in [0.5, 0.6) is 11.5 Å². The van der Waals surface area contributed by atoms with E-state index < -0.39 is 5.97 Å². The number of carboxylic acids is 1. The van der Waals surface area contributed by atoms with Gasteiger partial charge in [-0.05, 0) is 35.9 Å². The summed E-state index contributed by atoms with van der Waals surface area (Å²) in [5, 5.41) is 15.9. The van der Waals surface area contributed by atoms with Gasteiger partial charge < -0.3 is 19.0 Å². The number of ether oxygens (including phenoxy) is 2. The molecule has 8 nitrogen and oxygen atoms in total. The second-order valence-electron chi connectivity index (χ2n) is 6.45. The lowest BCUT2D eigenvalue weighted by Gasteiger charge is -2.12. The smallest absolute Gasteiger partial charge is 0.313 e. The maximum absolute atomic E-state index is 10.7. The highest BCUT2D eigenvalue weighted by molar-refractivity contribution is 7.99. The minimum absolute atomic E-state index is 0.113. The predicted octanol–water partition coefficient (Wildman–Crippen LogP) is 4.50. The Labute approximate surface area is 182 Å². The van der Waals surface area contributed by atoms with Crippen LogP contribution in [0.3, 0.4) is 0 Å². The van der Waals surface area contributed by atoms with Crippen molar-refractivity contribution < 1.29 is 23.8 Å². The third kappa shape index (κ3) is 5.07. The molecule has 0 saturated heterocycles. The van der Waals surface area contributed by atoms with Gasteiger partial charge in [-0.1, -0.05) is 42.1 Å². The summed E-state index contributed by atoms with van der Waals surface area (Å²) in [6.45, 7) is 0.416. The Morgan fingerprint density at radius 3 is 2.68 bits per heavy atom. The van der Waals surface area contributed by atoms with Crippen molar-refractivity contribution >= 4 is 17.7 Å². The van der Waals surface area contributed by atoms with Crippen LogP contribution >= 0.6 is 11.8 Å². The van der Waals surface area contributed by atoms with E-state index in [1.165, 1.54) is 0 Å². The van der Waals surface area contributed by atoms with Crippen LogP contribution in [0.4, 0.5) is 0 Å². The number of thioether (sulfide) groups is 1. The van der Waals surface area contributed by atoms with Gasteiger partial charge in [-0.3, -0.25) is 9.89 Å². The van der Waals surface area contributed by atoms with E-state index in [4.69, 9.17) is 19.0 Å². The molecule has 0 fully saturated rings. The lowest BCUT2D eigenvalue weighted by Crippen LogP contribution is -1.97. The molecule has 0 amide bonds. The molecule has 0 aliphatic carbocycles. The van der Waals surface area contributed by atoms with E-state index in [0.717, 1.165) is 22.9 Å². The second kappa shape index (κ2) is 9.40. The second-order valence-corrected chi connectivity index (χ2v) is 7.40. The molecule has 4 rings (SSSR count). The maximum atomic E-state index is 10.7. The van der Waals surface area contributed by atoms with Crippen molar-refractivity contribution in [2.75, 3.05) is 12.9 Å². The van der Waals surface area contributed by atoms with Crippen molar-refractivity contribution in [2.24, 2.45) is 0 Å². The molecule has 0 unspecified atom stereocenters. The first-order chi connectivity index (χ1) is 15.1. The number of hydrogen-bond donors (Lipinski definition) is 2. The summed E-state index contributed by atoms with van der Waals surface area (Å²) in [6, 6.07) is 19.0. The first-order valence-corrected chi connectivity index (χ1v) is 10.3. The summed E-state index contributed by atoms with van der Waals surface area (Å²) in [5.41, 5.74) is 1.87. The number of rotatable bonds is 9. The number of nitrogens with zero attached hydrogens (tertiary/aromatic N) is 2. The van der Waals surface area contributed by atoms with Gasteiger partial charge in [0.05, 0.1) is 12.9 Å². The van der Waals surface area contributed by atoms with E-state index in [-0.39, 0.29) is 5.75 Å². The Morgan fingerprint density at radius 2 is 1.90 bits per heavy atom. The number of aromatic amines is 1. The van der Waals surface area contributed by atoms with Crippen LogP contribution in [0, 0.1) is 0 Å². The molecule has 9 heteroatoms. The lowest BCUT2D eigenvalue weighted by atomic mass is 10.1. The minimum Gasteiger partial charge on any atom is -0.493 e. The van der Waals surface area contributed by atoms with Crippen LogP contribution in [-0.4, -0.2) is 39.1 Å². The van der Waals surface area contributed by atoms with Crippen LogP contribution < -0.4 is 9.47 Å². The number of hydrogen-bond acceptors (Lipinski definition) is 7. The van der Waals surface area contributed by atoms with Gasteiger partial charge in [-0.2, -0.15) is 4.98 Å². The number of benzene rings is 2. The van der Waals surface area contributed by atoms with Gasteiger partial charge in [0.1, 0.15) is 12.4 Å². The molecule has 0 radical (unpaired) electrons. The quantitative estimate of drug-likeness (QED) is 0.368. The third-order valence-electron chi connectivity index (χ3n) is 4.31. The standard InChI is InChI=1S/C22H19N3O5S/c1-28-17-8-7-15(11-19(17)29-12-14-5-3-2-4-6-14)16-9-10-18(30-16)21-23-22(25-24-21)31-13-20(26)27/h2-11H,12-13H2,1H3,(H,26,27)(H,23,24,25). The largest absolute Gasteiger partial charge is 0.493 e. The lowest BCUT2D eigenvalue weighted by molar-refractivity contribution is -0.133. The fourth-order valence-corrected chi connectivity index (χ4v) is 3.36. The molecule has 2 N–H and O–H groups in total. The number of aliphatic carboxylic acids is 1. The van der Waals surface area contributed by atoms with Crippen molar-refractivity contribution in [3.63, 3.8) is 0 Å². The molecule has 0 atom stereocenters. The normalized spacial score (nSPS) is 10.7. The molecule has 158 valence electrons. The molecule has 4 aromatic rings. The summed E-state index contributed by atoms with van der Waals surface area (Å²) < 4.78 is 17.3. The molecule has 31 heavy (non-hydrogen) atoms. The molecule has 2 aromatic heterocycles. The number of carboxylic acid groups (broad SMARTS) is 1. The average molecular weight is 437 g/mol. The van der Waals surface area contributed by atoms with Crippen molar-refractivity contribution in [1.29, 1.82) is 0 Å². The molecule has 0 aliphatic heterocycles. The number of H-pyrrole nitrogens is 1. The molecule has 2 heterocycles. The molecule has 0 saturated carbocycles. The van der Waals surface area contributed by atoms with Gasteiger partial charge in [0, 0.05) is 5.56 Å². The van der Waals surface area contributed by atoms with Gasteiger partial charge in [0.2, 0.25) is 5.16 Å². The highest BCUT2D eigenvalue weighted by Crippen LogP contribution is 2.35. The maximum Gasteiger partial charge on any atom is 0.313 e. The summed E-state index contributed by atoms with van der Waals surface area (Å²) in [7, 11) is 1.60. The highest BCUT2D eigenvalue weighted by atomic mass is 32.2. The molecule has 2 aromatic carbocycles. The minimum atomic E-state index is -0.929. The fourth-order valence-electron chi connectivity index (χ4n) is 2.85. The Kier molecular flexibility index (Phi) is 6.23. The zero-order valence-corrected chi connectivity index (χ0v) is 17.4. The summed E-state index contributed by atoms with van der Waals surface area (Å²) >= 11 is 1.03. The van der Waals surface area contributed by atoms with Crippen LogP contribution in [0.1, 0.15) is 5.56 Å².